The molecule has 0 radical (unpaired) electrons. The van der Waals surface area contributed by atoms with Crippen molar-refractivity contribution in [2.75, 3.05) is 26.4 Å². The number of aliphatic hydroxyl groups excluding tert-OH is 18. The summed E-state index contributed by atoms with van der Waals surface area (Å²) in [5, 5.41) is 248. The number of amides is 4. The van der Waals surface area contributed by atoms with Crippen LogP contribution in [0.25, 0.3) is 0 Å². The normalized spacial score (nSPS) is 46.8. The van der Waals surface area contributed by atoms with Gasteiger partial charge in [-0.3, -0.25) is 19.2 Å². The third-order valence-corrected chi connectivity index (χ3v) is 18.1. The SMILES string of the molecule is CC(=O)N[C@@H]1[C@@H](O)[C@H](O[C@@H]2O[C@@H](C(=O)O)[C@@H](O[C@H]3O[C@H](CO)[C@@H](O[C@@H]4O[C@H](C(=O)O)[C@@H](O[C@H]5O[C@H](CO)[C@@H](O[C@@H]6O[C@@H](C(=O)O)[C@@H](O[C@H]7O[C@H](CO)[C@@H](O[C@@H]8O[C@H](C(=O)O)[C@@H](O)[C@H](O)[C@H]8O)[C@H](O)[C@H]7NC(C)=O)[C@H](O)[C@H]6O)[C@H](O)[C@H]5NC(C)=O)[C@H](O)[C@H]4O)[C@H](O)[C@H]3NC(C)=O)[C@H](O)[C@H]2O)[C@@H](CO)O[C@@H]1O. The zero-order valence-corrected chi connectivity index (χ0v) is 55.2. The number of nitrogens with one attached hydrogen (secondary N) is 4. The Bertz CT molecular complexity index is 2990. The topological polar surface area (TPSA) is 768 Å². The van der Waals surface area contributed by atoms with Crippen LogP contribution in [0, 0.1) is 0 Å². The molecule has 26 N–H and O–H groups in total. The second kappa shape index (κ2) is 35.9. The minimum atomic E-state index is -2.57. The number of hydrogen-bond donors (Lipinski definition) is 26. The van der Waals surface area contributed by atoms with Crippen LogP contribution in [0.3, 0.4) is 0 Å². The molecule has 4 amide bonds. The van der Waals surface area contributed by atoms with Gasteiger partial charge in [-0.15, -0.1) is 0 Å². The molecule has 0 unspecified atom stereocenters. The van der Waals surface area contributed by atoms with Gasteiger partial charge in [0.2, 0.25) is 23.6 Å². The summed E-state index contributed by atoms with van der Waals surface area (Å²) in [7, 11) is 0. The quantitative estimate of drug-likeness (QED) is 0.0382. The van der Waals surface area contributed by atoms with Crippen LogP contribution >= 0.6 is 0 Å². The molecule has 8 rings (SSSR count). The van der Waals surface area contributed by atoms with Crippen LogP contribution in [0.4, 0.5) is 0 Å². The van der Waals surface area contributed by atoms with Gasteiger partial charge in [0.15, 0.2) is 74.7 Å². The predicted octanol–water partition coefficient (Wildman–Crippen LogP) is -17.5. The van der Waals surface area contributed by atoms with Crippen LogP contribution < -0.4 is 21.3 Å². The summed E-state index contributed by atoms with van der Waals surface area (Å²) in [5.41, 5.74) is 0. The molecule has 49 nitrogen and oxygen atoms in total. The van der Waals surface area contributed by atoms with Gasteiger partial charge in [0.25, 0.3) is 0 Å². The van der Waals surface area contributed by atoms with E-state index in [9.17, 15) is 151 Å². The molecule has 8 heterocycles. The van der Waals surface area contributed by atoms with Crippen molar-refractivity contribution in [2.24, 2.45) is 0 Å². The summed E-state index contributed by atoms with van der Waals surface area (Å²) in [6.45, 7) is -1.05. The minimum Gasteiger partial charge on any atom is -0.479 e. The number of aliphatic carboxylic acids is 4. The number of ether oxygens (including phenoxy) is 15. The van der Waals surface area contributed by atoms with Crippen LogP contribution in [0.2, 0.25) is 0 Å². The maximum atomic E-state index is 13.1. The molecule has 0 aliphatic carbocycles. The van der Waals surface area contributed by atoms with Gasteiger partial charge in [0.1, 0.15) is 171 Å². The Kier molecular flexibility index (Phi) is 29.0. The minimum absolute atomic E-state index is 0.785. The summed E-state index contributed by atoms with van der Waals surface area (Å²) in [4.78, 5) is 100. The molecule has 600 valence electrons. The predicted molar refractivity (Wildman–Crippen MR) is 313 cm³/mol. The standard InChI is InChI=1S/C56H86N4O45/c1-9(65)57-17-21(69)34(13(5-61)91-49(17)90)95-54-31(79)27(75)38(42(103-54)46(84)85)99-51-19(59-11(3)67)23(71)36(15(7-63)93-51)97-56-33(81)29(77)40(44(105-56)48(88)89)101-52-20(60-12(4)68)24(72)37(16(8-64)94-52)98-55-32(80)28(76)39(43(104-55)47(86)87)100-50-18(58-10(2)66)22(70)35(14(6-62)92-50)96-53-30(78)25(73)26(74)41(102-53)45(82)83/h13-44,49-56,61-64,69-81,90H,5-8H2,1-4H3,(H,57,65)(H,58,66)(H,59,67)(H,60,68)(H,82,83)(H,84,85)(H,86,87)(H,88,89)/t13-,14-,15-,16-,17-,18-,19-,20-,21-,22-,23-,24-,25+,26+,27-,28-,29-,30-,31-,32-,33-,34-,35-,36-,37-,38+,39+,40+,41+,42-,43-,44+,49+,50-,51-,52-,53-,54-,55-,56-/m1/s1. The lowest BCUT2D eigenvalue weighted by molar-refractivity contribution is -0.382. The first kappa shape index (κ1) is 85.1. The van der Waals surface area contributed by atoms with E-state index in [4.69, 9.17) is 71.1 Å². The number of carbonyl (C=O) groups excluding carboxylic acids is 4. The first-order chi connectivity index (χ1) is 49.3. The van der Waals surface area contributed by atoms with E-state index in [2.05, 4.69) is 21.3 Å². The molecule has 8 saturated heterocycles. The van der Waals surface area contributed by atoms with E-state index in [0.717, 1.165) is 27.7 Å². The van der Waals surface area contributed by atoms with Gasteiger partial charge in [-0.2, -0.15) is 0 Å². The fourth-order valence-corrected chi connectivity index (χ4v) is 13.0. The number of hydrogen-bond acceptors (Lipinski definition) is 41. The van der Waals surface area contributed by atoms with E-state index in [0.29, 0.717) is 0 Å². The molecule has 0 saturated carbocycles. The second-order valence-electron chi connectivity index (χ2n) is 25.5. The van der Waals surface area contributed by atoms with Crippen LogP contribution in [0.5, 0.6) is 0 Å². The number of rotatable bonds is 26. The van der Waals surface area contributed by atoms with Crippen LogP contribution in [0.15, 0.2) is 0 Å². The Labute approximate surface area is 588 Å². The van der Waals surface area contributed by atoms with Crippen molar-refractivity contribution < 1.29 is 222 Å². The number of carboxylic acid groups (broad SMARTS) is 4. The molecule has 0 aromatic carbocycles. The van der Waals surface area contributed by atoms with Crippen molar-refractivity contribution in [1.82, 2.24) is 21.3 Å². The van der Waals surface area contributed by atoms with Crippen molar-refractivity contribution in [3.63, 3.8) is 0 Å². The lowest BCUT2D eigenvalue weighted by Gasteiger charge is -2.50. The van der Waals surface area contributed by atoms with Gasteiger partial charge in [0.05, 0.1) is 26.4 Å². The summed E-state index contributed by atoms with van der Waals surface area (Å²) in [6.07, 6.45) is -80.9. The summed E-state index contributed by atoms with van der Waals surface area (Å²) < 4.78 is 84.0. The smallest absolute Gasteiger partial charge is 0.335 e. The van der Waals surface area contributed by atoms with Crippen molar-refractivity contribution in [2.45, 2.75) is 273 Å². The third kappa shape index (κ3) is 18.5. The molecule has 105 heavy (non-hydrogen) atoms. The van der Waals surface area contributed by atoms with E-state index in [-0.39, 0.29) is 0 Å². The van der Waals surface area contributed by atoms with E-state index >= 15 is 0 Å². The Morgan fingerprint density at radius 1 is 0.257 bits per heavy atom. The van der Waals surface area contributed by atoms with Gasteiger partial charge < -0.3 is 205 Å². The first-order valence-corrected chi connectivity index (χ1v) is 32.1. The third-order valence-electron chi connectivity index (χ3n) is 18.1. The first-order valence-electron chi connectivity index (χ1n) is 32.1. The molecule has 40 atom stereocenters. The van der Waals surface area contributed by atoms with Gasteiger partial charge in [0, 0.05) is 27.7 Å². The lowest BCUT2D eigenvalue weighted by atomic mass is 9.93. The summed E-state index contributed by atoms with van der Waals surface area (Å²) in [6, 6.07) is -7.69. The molecule has 49 heteroatoms. The van der Waals surface area contributed by atoms with Crippen LogP contribution in [-0.4, -0.2) is 432 Å². The van der Waals surface area contributed by atoms with Gasteiger partial charge >= 0.3 is 23.9 Å². The fourth-order valence-electron chi connectivity index (χ4n) is 13.0. The average molecular weight is 1540 g/mol. The number of aliphatic hydroxyl groups is 18. The van der Waals surface area contributed by atoms with E-state index in [1.54, 1.807) is 0 Å². The highest BCUT2D eigenvalue weighted by Crippen LogP contribution is 2.39. The zero-order chi connectivity index (χ0) is 78.0. The van der Waals surface area contributed by atoms with Crippen molar-refractivity contribution >= 4 is 47.5 Å². The largest absolute Gasteiger partial charge is 0.479 e. The van der Waals surface area contributed by atoms with Crippen molar-refractivity contribution in [1.29, 1.82) is 0 Å². The van der Waals surface area contributed by atoms with Gasteiger partial charge in [-0.1, -0.05) is 0 Å². The van der Waals surface area contributed by atoms with Crippen molar-refractivity contribution in [3.05, 3.63) is 0 Å². The Hall–Kier alpha value is -5.56. The Morgan fingerprint density at radius 2 is 0.476 bits per heavy atom. The molecular formula is C56H86N4O45. The lowest BCUT2D eigenvalue weighted by Crippen LogP contribution is -2.71. The molecule has 0 spiro atoms. The maximum absolute atomic E-state index is 13.1. The summed E-state index contributed by atoms with van der Waals surface area (Å²) in [5.74, 6) is -11.7. The zero-order valence-electron chi connectivity index (χ0n) is 55.2. The highest BCUT2D eigenvalue weighted by atomic mass is 16.8. The van der Waals surface area contributed by atoms with Crippen LogP contribution in [-0.2, 0) is 109 Å². The monoisotopic (exact) mass is 1530 g/mol. The maximum Gasteiger partial charge on any atom is 0.335 e. The van der Waals surface area contributed by atoms with Crippen LogP contribution in [0.1, 0.15) is 27.7 Å². The van der Waals surface area contributed by atoms with Crippen molar-refractivity contribution in [3.8, 4) is 0 Å². The molecule has 8 aliphatic rings. The fraction of sp³-hybridized carbons (Fsp3) is 0.857. The molecule has 0 aromatic rings. The molecule has 0 bridgehead atoms. The summed E-state index contributed by atoms with van der Waals surface area (Å²) >= 11 is 0. The second-order valence-corrected chi connectivity index (χ2v) is 25.5. The molecule has 0 aromatic heterocycles. The Morgan fingerprint density at radius 3 is 0.724 bits per heavy atom. The highest BCUT2D eigenvalue weighted by molar-refractivity contribution is 5.76. The average Bonchev–Trinajstić information content (AvgIpc) is 0.768. The Balaban J connectivity index is 0.947. The van der Waals surface area contributed by atoms with Gasteiger partial charge in [-0.25, -0.2) is 19.2 Å². The number of carboxylic acids is 4. The molecular weight excluding hydrogens is 1450 g/mol. The number of carbonyl (C=O) groups is 8. The van der Waals surface area contributed by atoms with E-state index < -0.39 is 319 Å². The molecule has 8 aliphatic heterocycles. The van der Waals surface area contributed by atoms with E-state index in [1.807, 2.05) is 0 Å². The molecule has 8 fully saturated rings. The van der Waals surface area contributed by atoms with Gasteiger partial charge in [-0.05, 0) is 0 Å². The van der Waals surface area contributed by atoms with E-state index in [1.165, 1.54) is 0 Å². The highest BCUT2D eigenvalue weighted by Gasteiger charge is 2.62.